The maximum atomic E-state index is 13.4. The third kappa shape index (κ3) is 6.26. The molecule has 10 heteroatoms. The topological polar surface area (TPSA) is 83.1 Å². The summed E-state index contributed by atoms with van der Waals surface area (Å²) in [7, 11) is 0. The first-order chi connectivity index (χ1) is 16.8. The van der Waals surface area contributed by atoms with Crippen LogP contribution in [0.4, 0.5) is 4.39 Å². The lowest BCUT2D eigenvalue weighted by molar-refractivity contribution is -0.479. The summed E-state index contributed by atoms with van der Waals surface area (Å²) >= 11 is 4.79. The maximum Gasteiger partial charge on any atom is 0.220 e. The molecule has 4 rings (SSSR count). The van der Waals surface area contributed by atoms with E-state index in [9.17, 15) is 14.5 Å². The molecule has 0 radical (unpaired) electrons. The molecule has 3 aromatic carbocycles. The van der Waals surface area contributed by atoms with Gasteiger partial charge in [0.1, 0.15) is 29.2 Å². The number of benzene rings is 3. The predicted octanol–water partition coefficient (Wildman–Crippen LogP) is 6.47. The molecule has 4 aromatic rings. The summed E-state index contributed by atoms with van der Waals surface area (Å²) in [6.07, 6.45) is 0. The van der Waals surface area contributed by atoms with E-state index in [0.29, 0.717) is 26.8 Å². The van der Waals surface area contributed by atoms with E-state index < -0.39 is 5.25 Å². The predicted molar refractivity (Wildman–Crippen MR) is 136 cm³/mol. The molecule has 0 bridgehead atoms. The van der Waals surface area contributed by atoms with Crippen LogP contribution in [-0.2, 0) is 6.61 Å². The van der Waals surface area contributed by atoms with E-state index in [-0.39, 0.29) is 23.9 Å². The van der Waals surface area contributed by atoms with Crippen LogP contribution in [0.5, 0.6) is 5.75 Å². The van der Waals surface area contributed by atoms with Crippen molar-refractivity contribution < 1.29 is 14.1 Å². The zero-order valence-electron chi connectivity index (χ0n) is 19.0. The van der Waals surface area contributed by atoms with Crippen LogP contribution < -0.4 is 4.74 Å². The molecule has 0 saturated heterocycles. The Labute approximate surface area is 214 Å². The van der Waals surface area contributed by atoms with Crippen LogP contribution in [0.25, 0.3) is 5.69 Å². The first kappa shape index (κ1) is 24.9. The Hall–Kier alpha value is -3.24. The fourth-order valence-corrected chi connectivity index (χ4v) is 5.18. The number of aromatic nitrogens is 3. The highest BCUT2D eigenvalue weighted by Gasteiger charge is 2.24. The molecule has 0 unspecified atom stereocenters. The van der Waals surface area contributed by atoms with Gasteiger partial charge in [-0.05, 0) is 77.3 Å². The highest BCUT2D eigenvalue weighted by atomic mass is 79.9. The van der Waals surface area contributed by atoms with Gasteiger partial charge < -0.3 is 4.74 Å². The lowest BCUT2D eigenvalue weighted by atomic mass is 10.1. The van der Waals surface area contributed by atoms with Gasteiger partial charge in [0.15, 0.2) is 5.16 Å². The summed E-state index contributed by atoms with van der Waals surface area (Å²) in [4.78, 5) is 11.2. The third-order valence-corrected chi connectivity index (χ3v) is 7.06. The molecule has 0 spiro atoms. The second-order valence-corrected chi connectivity index (χ2v) is 9.96. The second kappa shape index (κ2) is 11.0. The van der Waals surface area contributed by atoms with Crippen molar-refractivity contribution in [3.63, 3.8) is 0 Å². The van der Waals surface area contributed by atoms with Crippen LogP contribution in [0, 0.1) is 29.8 Å². The summed E-state index contributed by atoms with van der Waals surface area (Å²) in [6, 6.07) is 19.5. The molecule has 1 aromatic heterocycles. The Kier molecular flexibility index (Phi) is 7.82. The Morgan fingerprint density at radius 2 is 1.89 bits per heavy atom. The average molecular weight is 557 g/mol. The van der Waals surface area contributed by atoms with Crippen LogP contribution in [0.15, 0.2) is 76.4 Å². The van der Waals surface area contributed by atoms with Gasteiger partial charge in [-0.1, -0.05) is 47.7 Å². The highest BCUT2D eigenvalue weighted by molar-refractivity contribution is 9.10. The van der Waals surface area contributed by atoms with E-state index in [2.05, 4.69) is 26.1 Å². The maximum absolute atomic E-state index is 13.4. The number of hydrogen-bond donors (Lipinski definition) is 0. The van der Waals surface area contributed by atoms with Gasteiger partial charge in [-0.25, -0.2) is 4.39 Å². The lowest BCUT2D eigenvalue weighted by Crippen LogP contribution is -2.11. The summed E-state index contributed by atoms with van der Waals surface area (Å²) < 4.78 is 21.8. The van der Waals surface area contributed by atoms with E-state index in [1.165, 1.54) is 23.9 Å². The number of rotatable bonds is 9. The fourth-order valence-electron chi connectivity index (χ4n) is 3.51. The van der Waals surface area contributed by atoms with Crippen LogP contribution in [0.3, 0.4) is 0 Å². The van der Waals surface area contributed by atoms with E-state index in [0.717, 1.165) is 16.8 Å². The van der Waals surface area contributed by atoms with Crippen molar-refractivity contribution >= 4 is 27.7 Å². The molecular weight excluding hydrogens is 535 g/mol. The van der Waals surface area contributed by atoms with E-state index in [1.54, 1.807) is 24.3 Å². The average Bonchev–Trinajstić information content (AvgIpc) is 3.18. The second-order valence-electron chi connectivity index (χ2n) is 7.93. The standard InChI is InChI=1S/C25H22BrFN4O3S/c1-16-6-9-21(10-7-16)31-17(2)28-29-25(31)35-24(14-30(32)33)19-8-11-23(22(26)13-19)34-15-18-4-3-5-20(27)12-18/h3-13,24H,14-15H2,1-2H3/t24-/m1/s1. The SMILES string of the molecule is Cc1ccc(-n2c(C)nnc2S[C@H](C[N+](=O)[O-])c2ccc(OCc3cccc(F)c3)c(Br)c2)cc1. The number of ether oxygens (including phenoxy) is 1. The number of aryl methyl sites for hydroxylation is 2. The minimum absolute atomic E-state index is 0.196. The van der Waals surface area contributed by atoms with Crippen molar-refractivity contribution in [1.29, 1.82) is 0 Å². The van der Waals surface area contributed by atoms with Crippen molar-refractivity contribution in [1.82, 2.24) is 14.8 Å². The minimum Gasteiger partial charge on any atom is -0.488 e. The van der Waals surface area contributed by atoms with Gasteiger partial charge in [-0.3, -0.25) is 14.7 Å². The Balaban J connectivity index is 1.57. The summed E-state index contributed by atoms with van der Waals surface area (Å²) in [6.45, 7) is 3.76. The summed E-state index contributed by atoms with van der Waals surface area (Å²) in [5.41, 5.74) is 3.47. The van der Waals surface area contributed by atoms with Crippen molar-refractivity contribution in [2.45, 2.75) is 30.9 Å². The normalized spacial score (nSPS) is 11.9. The van der Waals surface area contributed by atoms with E-state index >= 15 is 0 Å². The van der Waals surface area contributed by atoms with E-state index in [4.69, 9.17) is 4.74 Å². The van der Waals surface area contributed by atoms with Crippen molar-refractivity contribution in [2.75, 3.05) is 6.54 Å². The first-order valence-electron chi connectivity index (χ1n) is 10.7. The number of nitrogens with zero attached hydrogens (tertiary/aromatic N) is 4. The number of nitro groups is 1. The molecule has 0 aliphatic heterocycles. The van der Waals surface area contributed by atoms with Crippen molar-refractivity contribution in [3.05, 3.63) is 110 Å². The summed E-state index contributed by atoms with van der Waals surface area (Å²) in [5.74, 6) is 0.925. The Morgan fingerprint density at radius 1 is 1.11 bits per heavy atom. The van der Waals surface area contributed by atoms with Crippen LogP contribution in [0.2, 0.25) is 0 Å². The lowest BCUT2D eigenvalue weighted by Gasteiger charge is -2.16. The largest absolute Gasteiger partial charge is 0.488 e. The monoisotopic (exact) mass is 556 g/mol. The molecule has 1 atom stereocenters. The van der Waals surface area contributed by atoms with Gasteiger partial charge in [-0.15, -0.1) is 10.2 Å². The molecule has 180 valence electrons. The Morgan fingerprint density at radius 3 is 2.57 bits per heavy atom. The van der Waals surface area contributed by atoms with E-state index in [1.807, 2.05) is 48.7 Å². The fraction of sp³-hybridized carbons (Fsp3) is 0.200. The molecular formula is C25H22BrFN4O3S. The van der Waals surface area contributed by atoms with Gasteiger partial charge in [0.05, 0.1) is 4.47 Å². The zero-order chi connectivity index (χ0) is 24.9. The van der Waals surface area contributed by atoms with Crippen LogP contribution in [0.1, 0.15) is 27.8 Å². The minimum atomic E-state index is -0.508. The zero-order valence-corrected chi connectivity index (χ0v) is 21.4. The number of halogens is 2. The smallest absolute Gasteiger partial charge is 0.220 e. The molecule has 0 amide bonds. The highest BCUT2D eigenvalue weighted by Crippen LogP contribution is 2.38. The van der Waals surface area contributed by atoms with Gasteiger partial charge in [0.25, 0.3) is 0 Å². The first-order valence-corrected chi connectivity index (χ1v) is 12.4. The molecule has 35 heavy (non-hydrogen) atoms. The number of hydrogen-bond acceptors (Lipinski definition) is 6. The van der Waals surface area contributed by atoms with Crippen LogP contribution in [-0.4, -0.2) is 26.2 Å². The third-order valence-electron chi connectivity index (χ3n) is 5.26. The molecule has 0 saturated carbocycles. The molecule has 0 fully saturated rings. The molecule has 0 aliphatic rings. The van der Waals surface area contributed by atoms with Gasteiger partial charge in [0.2, 0.25) is 6.54 Å². The van der Waals surface area contributed by atoms with Gasteiger partial charge >= 0.3 is 0 Å². The Bertz CT molecular complexity index is 1350. The van der Waals surface area contributed by atoms with Crippen molar-refractivity contribution in [3.8, 4) is 11.4 Å². The molecule has 0 N–H and O–H groups in total. The quantitative estimate of drug-likeness (QED) is 0.133. The summed E-state index contributed by atoms with van der Waals surface area (Å²) in [5, 5.41) is 20.0. The van der Waals surface area contributed by atoms with Crippen molar-refractivity contribution in [2.24, 2.45) is 0 Å². The van der Waals surface area contributed by atoms with Gasteiger partial charge in [0, 0.05) is 10.6 Å². The number of thioether (sulfide) groups is 1. The molecule has 0 aliphatic carbocycles. The molecule has 7 nitrogen and oxygen atoms in total. The van der Waals surface area contributed by atoms with Gasteiger partial charge in [-0.2, -0.15) is 0 Å². The van der Waals surface area contributed by atoms with Crippen LogP contribution >= 0.6 is 27.7 Å². The molecule has 1 heterocycles.